The third-order valence-corrected chi connectivity index (χ3v) is 2.90. The molecule has 0 spiro atoms. The second-order valence-corrected chi connectivity index (χ2v) is 4.38. The molecule has 0 radical (unpaired) electrons. The summed E-state index contributed by atoms with van der Waals surface area (Å²) >= 11 is 3.29. The Balaban J connectivity index is 3.02. The van der Waals surface area contributed by atoms with Crippen LogP contribution in [0.5, 0.6) is 5.75 Å². The molecule has 0 aliphatic heterocycles. The zero-order chi connectivity index (χ0) is 14.3. The lowest BCUT2D eigenvalue weighted by Gasteiger charge is -2.11. The van der Waals surface area contributed by atoms with E-state index in [4.69, 9.17) is 4.74 Å². The number of alkyl halides is 1. The van der Waals surface area contributed by atoms with Gasteiger partial charge in [-0.05, 0) is 24.6 Å². The number of methoxy groups -OCH3 is 2. The first-order chi connectivity index (χ1) is 9.13. The van der Waals surface area contributed by atoms with E-state index in [0.717, 1.165) is 11.8 Å². The smallest absolute Gasteiger partial charge is 0.341 e. The molecule has 0 N–H and O–H groups in total. The maximum atomic E-state index is 11.7. The summed E-state index contributed by atoms with van der Waals surface area (Å²) in [6, 6.07) is 4.51. The first-order valence-electron chi connectivity index (χ1n) is 5.63. The molecule has 6 heteroatoms. The number of rotatable bonds is 6. The Morgan fingerprint density at radius 2 is 1.84 bits per heavy atom. The van der Waals surface area contributed by atoms with Crippen LogP contribution in [0.1, 0.15) is 27.1 Å². The summed E-state index contributed by atoms with van der Waals surface area (Å²) in [5.74, 6) is -0.683. The molecule has 0 aromatic heterocycles. The summed E-state index contributed by atoms with van der Waals surface area (Å²) in [5, 5.41) is 0.806. The van der Waals surface area contributed by atoms with Gasteiger partial charge in [-0.25, -0.2) is 9.59 Å². The van der Waals surface area contributed by atoms with Gasteiger partial charge in [0.05, 0.1) is 26.4 Å². The number of hydrogen-bond acceptors (Lipinski definition) is 5. The minimum absolute atomic E-state index is 0.208. The molecular weight excluding hydrogens is 316 g/mol. The molecule has 104 valence electrons. The minimum atomic E-state index is -0.556. The largest absolute Gasteiger partial charge is 0.493 e. The Morgan fingerprint density at radius 3 is 2.42 bits per heavy atom. The summed E-state index contributed by atoms with van der Waals surface area (Å²) in [7, 11) is 2.55. The van der Waals surface area contributed by atoms with Crippen LogP contribution >= 0.6 is 15.9 Å². The van der Waals surface area contributed by atoms with Gasteiger partial charge in [0.2, 0.25) is 0 Å². The van der Waals surface area contributed by atoms with Crippen molar-refractivity contribution >= 4 is 27.9 Å². The molecule has 0 unspecified atom stereocenters. The van der Waals surface area contributed by atoms with Crippen molar-refractivity contribution in [1.29, 1.82) is 0 Å². The lowest BCUT2D eigenvalue weighted by Crippen LogP contribution is -2.10. The van der Waals surface area contributed by atoms with E-state index >= 15 is 0 Å². The van der Waals surface area contributed by atoms with Gasteiger partial charge in [-0.1, -0.05) is 15.9 Å². The zero-order valence-corrected chi connectivity index (χ0v) is 12.4. The van der Waals surface area contributed by atoms with Gasteiger partial charge in [-0.3, -0.25) is 0 Å². The third kappa shape index (κ3) is 4.24. The lowest BCUT2D eigenvalue weighted by atomic mass is 10.1. The number of benzene rings is 1. The minimum Gasteiger partial charge on any atom is -0.493 e. The quantitative estimate of drug-likeness (QED) is 0.455. The Bertz CT molecular complexity index is 458. The molecule has 0 atom stereocenters. The second-order valence-electron chi connectivity index (χ2n) is 3.59. The summed E-state index contributed by atoms with van der Waals surface area (Å²) in [6.45, 7) is 0.465. The number of esters is 2. The van der Waals surface area contributed by atoms with Crippen LogP contribution in [-0.2, 0) is 9.47 Å². The molecule has 0 aliphatic carbocycles. The number of halogens is 1. The van der Waals surface area contributed by atoms with Crippen molar-refractivity contribution in [3.05, 3.63) is 29.3 Å². The van der Waals surface area contributed by atoms with Gasteiger partial charge >= 0.3 is 11.9 Å². The van der Waals surface area contributed by atoms with Gasteiger partial charge in [-0.15, -0.1) is 0 Å². The Kier molecular flexibility index (Phi) is 6.35. The molecule has 1 rings (SSSR count). The molecule has 1 aromatic carbocycles. The topological polar surface area (TPSA) is 61.8 Å². The first kappa shape index (κ1) is 15.5. The molecule has 0 fully saturated rings. The van der Waals surface area contributed by atoms with E-state index in [-0.39, 0.29) is 11.1 Å². The zero-order valence-electron chi connectivity index (χ0n) is 10.8. The second kappa shape index (κ2) is 7.78. The number of carbonyl (C=O) groups excluding carboxylic acids is 2. The van der Waals surface area contributed by atoms with Crippen molar-refractivity contribution < 1.29 is 23.8 Å². The molecule has 0 amide bonds. The summed E-state index contributed by atoms with van der Waals surface area (Å²) in [5.41, 5.74) is 0.482. The normalized spacial score (nSPS) is 9.84. The number of hydrogen-bond donors (Lipinski definition) is 0. The molecule has 0 bridgehead atoms. The maximum absolute atomic E-state index is 11.7. The van der Waals surface area contributed by atoms with Crippen molar-refractivity contribution in [2.45, 2.75) is 6.42 Å². The predicted octanol–water partition coefficient (Wildman–Crippen LogP) is 2.42. The van der Waals surface area contributed by atoms with Gasteiger partial charge in [0.1, 0.15) is 11.3 Å². The Morgan fingerprint density at radius 1 is 1.16 bits per heavy atom. The third-order valence-electron chi connectivity index (χ3n) is 2.34. The van der Waals surface area contributed by atoms with Crippen molar-refractivity contribution in [3.8, 4) is 5.75 Å². The van der Waals surface area contributed by atoms with Gasteiger partial charge in [-0.2, -0.15) is 0 Å². The summed E-state index contributed by atoms with van der Waals surface area (Å²) in [4.78, 5) is 23.1. The van der Waals surface area contributed by atoms with E-state index < -0.39 is 11.9 Å². The monoisotopic (exact) mass is 330 g/mol. The molecule has 0 saturated heterocycles. The maximum Gasteiger partial charge on any atom is 0.341 e. The van der Waals surface area contributed by atoms with Gasteiger partial charge < -0.3 is 14.2 Å². The highest BCUT2D eigenvalue weighted by Gasteiger charge is 2.17. The summed E-state index contributed by atoms with van der Waals surface area (Å²) < 4.78 is 14.8. The highest BCUT2D eigenvalue weighted by Crippen LogP contribution is 2.22. The number of ether oxygens (including phenoxy) is 3. The van der Waals surface area contributed by atoms with Crippen LogP contribution in [0.4, 0.5) is 0 Å². The fourth-order valence-electron chi connectivity index (χ4n) is 1.41. The van der Waals surface area contributed by atoms with Crippen LogP contribution < -0.4 is 4.74 Å². The van der Waals surface area contributed by atoms with E-state index in [1.807, 2.05) is 0 Å². The molecule has 0 heterocycles. The fraction of sp³-hybridized carbons (Fsp3) is 0.385. The molecule has 1 aromatic rings. The van der Waals surface area contributed by atoms with Crippen molar-refractivity contribution in [2.24, 2.45) is 0 Å². The molecule has 0 aliphatic rings. The lowest BCUT2D eigenvalue weighted by molar-refractivity contribution is 0.0595. The highest BCUT2D eigenvalue weighted by atomic mass is 79.9. The Hall–Kier alpha value is -1.56. The SMILES string of the molecule is COC(=O)c1ccc(OCCCBr)c(C(=O)OC)c1. The van der Waals surface area contributed by atoms with Crippen LogP contribution in [0.3, 0.4) is 0 Å². The molecular formula is C13H15BrO5. The molecule has 5 nitrogen and oxygen atoms in total. The first-order valence-corrected chi connectivity index (χ1v) is 6.75. The van der Waals surface area contributed by atoms with Gasteiger partial charge in [0, 0.05) is 5.33 Å². The van der Waals surface area contributed by atoms with E-state index in [2.05, 4.69) is 25.4 Å². The average molecular weight is 331 g/mol. The van der Waals surface area contributed by atoms with Crippen LogP contribution in [0.15, 0.2) is 18.2 Å². The van der Waals surface area contributed by atoms with Crippen molar-refractivity contribution in [1.82, 2.24) is 0 Å². The standard InChI is InChI=1S/C13H15BrO5/c1-17-12(15)9-4-5-11(19-7-3-6-14)10(8-9)13(16)18-2/h4-5,8H,3,6-7H2,1-2H3. The van der Waals surface area contributed by atoms with Crippen LogP contribution in [0.2, 0.25) is 0 Å². The highest BCUT2D eigenvalue weighted by molar-refractivity contribution is 9.09. The number of carbonyl (C=O) groups is 2. The van der Waals surface area contributed by atoms with E-state index in [0.29, 0.717) is 12.4 Å². The van der Waals surface area contributed by atoms with Crippen LogP contribution in [0, 0.1) is 0 Å². The van der Waals surface area contributed by atoms with Crippen LogP contribution in [0.25, 0.3) is 0 Å². The van der Waals surface area contributed by atoms with E-state index in [9.17, 15) is 9.59 Å². The average Bonchev–Trinajstić information content (AvgIpc) is 2.46. The summed E-state index contributed by atoms with van der Waals surface area (Å²) in [6.07, 6.45) is 0.805. The van der Waals surface area contributed by atoms with Crippen LogP contribution in [-0.4, -0.2) is 38.1 Å². The van der Waals surface area contributed by atoms with Gasteiger partial charge in [0.15, 0.2) is 0 Å². The predicted molar refractivity (Wildman–Crippen MR) is 73.0 cm³/mol. The molecule has 19 heavy (non-hydrogen) atoms. The molecule has 0 saturated carbocycles. The fourth-order valence-corrected chi connectivity index (χ4v) is 1.64. The van der Waals surface area contributed by atoms with Crippen molar-refractivity contribution in [3.63, 3.8) is 0 Å². The van der Waals surface area contributed by atoms with E-state index in [1.54, 1.807) is 12.1 Å². The Labute approximate surface area is 120 Å². The van der Waals surface area contributed by atoms with Gasteiger partial charge in [0.25, 0.3) is 0 Å². The van der Waals surface area contributed by atoms with E-state index in [1.165, 1.54) is 20.3 Å². The van der Waals surface area contributed by atoms with Crippen molar-refractivity contribution in [2.75, 3.05) is 26.2 Å².